The van der Waals surface area contributed by atoms with Gasteiger partial charge in [0.05, 0.1) is 11.3 Å². The van der Waals surface area contributed by atoms with Crippen molar-refractivity contribution >= 4 is 6.41 Å². The van der Waals surface area contributed by atoms with Crippen molar-refractivity contribution in [1.82, 2.24) is 9.88 Å². The number of rotatable bonds is 3. The van der Waals surface area contributed by atoms with Gasteiger partial charge in [-0.2, -0.15) is 13.2 Å². The van der Waals surface area contributed by atoms with Gasteiger partial charge >= 0.3 is 6.18 Å². The zero-order valence-corrected chi connectivity index (χ0v) is 12.9. The summed E-state index contributed by atoms with van der Waals surface area (Å²) in [6.45, 7) is 2.88. The predicted molar refractivity (Wildman–Crippen MR) is 76.9 cm³/mol. The van der Waals surface area contributed by atoms with Gasteiger partial charge in [0.15, 0.2) is 0 Å². The fourth-order valence-corrected chi connectivity index (χ4v) is 3.58. The van der Waals surface area contributed by atoms with E-state index in [1.165, 1.54) is 13.0 Å². The van der Waals surface area contributed by atoms with Crippen LogP contribution in [0.4, 0.5) is 13.2 Å². The lowest BCUT2D eigenvalue weighted by molar-refractivity contribution is -0.138. The van der Waals surface area contributed by atoms with Crippen molar-refractivity contribution in [3.8, 4) is 5.88 Å². The van der Waals surface area contributed by atoms with E-state index in [4.69, 9.17) is 4.74 Å². The molecule has 23 heavy (non-hydrogen) atoms. The van der Waals surface area contributed by atoms with E-state index in [-0.39, 0.29) is 23.1 Å². The number of hydrogen-bond acceptors (Lipinski definition) is 3. The Morgan fingerprint density at radius 2 is 1.96 bits per heavy atom. The van der Waals surface area contributed by atoms with Crippen LogP contribution in [0.2, 0.25) is 0 Å². The maximum absolute atomic E-state index is 12.7. The Hall–Kier alpha value is -1.79. The van der Waals surface area contributed by atoms with Crippen molar-refractivity contribution < 1.29 is 22.7 Å². The second-order valence-corrected chi connectivity index (χ2v) is 6.57. The second-order valence-electron chi connectivity index (χ2n) is 6.57. The maximum atomic E-state index is 12.7. The van der Waals surface area contributed by atoms with Gasteiger partial charge in [-0.3, -0.25) is 4.79 Å². The molecule has 1 amide bonds. The number of hydrogen-bond donors (Lipinski definition) is 0. The van der Waals surface area contributed by atoms with Crippen LogP contribution in [0.1, 0.15) is 36.9 Å². The van der Waals surface area contributed by atoms with Crippen molar-refractivity contribution in [3.05, 3.63) is 23.4 Å². The van der Waals surface area contributed by atoms with Crippen LogP contribution in [0, 0.1) is 12.3 Å². The second kappa shape index (κ2) is 5.69. The minimum absolute atomic E-state index is 0.00131. The van der Waals surface area contributed by atoms with Gasteiger partial charge in [0.1, 0.15) is 6.10 Å². The Morgan fingerprint density at radius 1 is 1.30 bits per heavy atom. The molecule has 4 nitrogen and oxygen atoms in total. The third-order valence-corrected chi connectivity index (χ3v) is 4.98. The summed E-state index contributed by atoms with van der Waals surface area (Å²) in [7, 11) is 0. The number of aromatic nitrogens is 1. The SMILES string of the molecule is Cc1nc(OC2CC3(CCN(C=O)CC3)C2)ccc1C(F)(F)F. The molecule has 2 heterocycles. The van der Waals surface area contributed by atoms with Crippen molar-refractivity contribution in [2.24, 2.45) is 5.41 Å². The number of nitrogens with zero attached hydrogens (tertiary/aromatic N) is 2. The molecule has 7 heteroatoms. The summed E-state index contributed by atoms with van der Waals surface area (Å²) in [4.78, 5) is 16.4. The van der Waals surface area contributed by atoms with Crippen molar-refractivity contribution in [3.63, 3.8) is 0 Å². The molecule has 0 bridgehead atoms. The van der Waals surface area contributed by atoms with Gasteiger partial charge in [-0.25, -0.2) is 4.98 Å². The first-order valence-corrected chi connectivity index (χ1v) is 7.72. The highest BCUT2D eigenvalue weighted by Crippen LogP contribution is 2.50. The number of alkyl halides is 3. The van der Waals surface area contributed by atoms with E-state index in [0.717, 1.165) is 51.2 Å². The number of amides is 1. The third-order valence-electron chi connectivity index (χ3n) is 4.98. The van der Waals surface area contributed by atoms with E-state index in [1.807, 2.05) is 0 Å². The van der Waals surface area contributed by atoms with E-state index < -0.39 is 11.7 Å². The van der Waals surface area contributed by atoms with Crippen LogP contribution in [0.15, 0.2) is 12.1 Å². The highest BCUT2D eigenvalue weighted by molar-refractivity contribution is 5.47. The summed E-state index contributed by atoms with van der Waals surface area (Å²) in [5.41, 5.74) is -0.565. The molecule has 1 aliphatic heterocycles. The molecule has 1 spiro atoms. The lowest BCUT2D eigenvalue weighted by Crippen LogP contribution is -2.50. The Bertz CT molecular complexity index is 587. The summed E-state index contributed by atoms with van der Waals surface area (Å²) in [6, 6.07) is 2.31. The van der Waals surface area contributed by atoms with Gasteiger partial charge in [0.2, 0.25) is 12.3 Å². The molecule has 126 valence electrons. The summed E-state index contributed by atoms with van der Waals surface area (Å²) in [5, 5.41) is 0. The first kappa shape index (κ1) is 16.1. The molecule has 1 saturated carbocycles. The van der Waals surface area contributed by atoms with Crippen LogP contribution in [-0.2, 0) is 11.0 Å². The summed E-state index contributed by atoms with van der Waals surface area (Å²) >= 11 is 0. The average molecular weight is 328 g/mol. The van der Waals surface area contributed by atoms with Crippen molar-refractivity contribution in [1.29, 1.82) is 0 Å². The van der Waals surface area contributed by atoms with Gasteiger partial charge in [0, 0.05) is 19.2 Å². The Labute approximate surface area is 132 Å². The first-order valence-electron chi connectivity index (χ1n) is 7.72. The standard InChI is InChI=1S/C16H19F3N2O2/c1-11-13(16(17,18)19)2-3-14(20-11)23-12-8-15(9-12)4-6-21(10-22)7-5-15/h2-3,10,12H,4-9H2,1H3. The zero-order chi connectivity index (χ0) is 16.7. The molecule has 1 aliphatic carbocycles. The average Bonchev–Trinajstić information content (AvgIpc) is 2.45. The van der Waals surface area contributed by atoms with Crippen molar-refractivity contribution in [2.75, 3.05) is 13.1 Å². The van der Waals surface area contributed by atoms with Crippen LogP contribution in [0.3, 0.4) is 0 Å². The molecule has 1 saturated heterocycles. The van der Waals surface area contributed by atoms with E-state index in [2.05, 4.69) is 4.98 Å². The molecule has 0 N–H and O–H groups in total. The predicted octanol–water partition coefficient (Wildman–Crippen LogP) is 3.19. The van der Waals surface area contributed by atoms with Crippen molar-refractivity contribution in [2.45, 2.75) is 44.9 Å². The third kappa shape index (κ3) is 3.28. The van der Waals surface area contributed by atoms with Crippen LogP contribution in [0.25, 0.3) is 0 Å². The summed E-state index contributed by atoms with van der Waals surface area (Å²) in [6.07, 6.45) is 0.178. The number of likely N-dealkylation sites (tertiary alicyclic amines) is 1. The molecule has 2 aliphatic rings. The van der Waals surface area contributed by atoms with Gasteiger partial charge in [-0.15, -0.1) is 0 Å². The normalized spacial score (nSPS) is 21.1. The number of carbonyl (C=O) groups is 1. The van der Waals surface area contributed by atoms with E-state index in [9.17, 15) is 18.0 Å². The minimum atomic E-state index is -4.39. The highest BCUT2D eigenvalue weighted by Gasteiger charge is 2.47. The summed E-state index contributed by atoms with van der Waals surface area (Å²) < 4.78 is 43.8. The molecule has 2 fully saturated rings. The zero-order valence-electron chi connectivity index (χ0n) is 12.9. The molecular weight excluding hydrogens is 309 g/mol. The van der Waals surface area contributed by atoms with Gasteiger partial charge in [-0.1, -0.05) is 0 Å². The Balaban J connectivity index is 1.56. The number of pyridine rings is 1. The smallest absolute Gasteiger partial charge is 0.418 e. The molecule has 0 atom stereocenters. The fourth-order valence-electron chi connectivity index (χ4n) is 3.58. The lowest BCUT2D eigenvalue weighted by Gasteiger charge is -2.51. The Morgan fingerprint density at radius 3 is 2.48 bits per heavy atom. The fraction of sp³-hybridized carbons (Fsp3) is 0.625. The largest absolute Gasteiger partial charge is 0.474 e. The molecule has 0 aromatic carbocycles. The number of halogens is 3. The van der Waals surface area contributed by atoms with Gasteiger partial charge in [-0.05, 0) is 44.1 Å². The van der Waals surface area contributed by atoms with E-state index in [0.29, 0.717) is 0 Å². The van der Waals surface area contributed by atoms with Crippen LogP contribution in [0.5, 0.6) is 5.88 Å². The molecule has 0 unspecified atom stereocenters. The van der Waals surface area contributed by atoms with Crippen LogP contribution in [-0.4, -0.2) is 35.5 Å². The monoisotopic (exact) mass is 328 g/mol. The molecule has 0 radical (unpaired) electrons. The molecule has 1 aromatic heterocycles. The van der Waals surface area contributed by atoms with Gasteiger partial charge < -0.3 is 9.64 Å². The quantitative estimate of drug-likeness (QED) is 0.800. The van der Waals surface area contributed by atoms with E-state index >= 15 is 0 Å². The molecule has 3 rings (SSSR count). The van der Waals surface area contributed by atoms with Gasteiger partial charge in [0.25, 0.3) is 0 Å². The lowest BCUT2D eigenvalue weighted by atomic mass is 9.61. The van der Waals surface area contributed by atoms with Crippen LogP contribution < -0.4 is 4.74 Å². The number of ether oxygens (including phenoxy) is 1. The minimum Gasteiger partial charge on any atom is -0.474 e. The Kier molecular flexibility index (Phi) is 3.98. The highest BCUT2D eigenvalue weighted by atomic mass is 19.4. The number of piperidine rings is 1. The number of aryl methyl sites for hydroxylation is 1. The number of carbonyl (C=O) groups excluding carboxylic acids is 1. The van der Waals surface area contributed by atoms with Crippen LogP contribution >= 0.6 is 0 Å². The van der Waals surface area contributed by atoms with E-state index in [1.54, 1.807) is 4.90 Å². The summed E-state index contributed by atoms with van der Waals surface area (Å²) in [5.74, 6) is 0.251. The topological polar surface area (TPSA) is 42.4 Å². The molecule has 1 aromatic rings. The first-order chi connectivity index (χ1) is 10.8. The molecular formula is C16H19F3N2O2. The maximum Gasteiger partial charge on any atom is 0.418 e.